The molecular weight excluding hydrogens is 382 g/mol. The second kappa shape index (κ2) is 7.54. The van der Waals surface area contributed by atoms with Crippen molar-refractivity contribution in [3.05, 3.63) is 84.7 Å². The Morgan fingerprint density at radius 2 is 1.61 bits per heavy atom. The summed E-state index contributed by atoms with van der Waals surface area (Å²) in [5, 5.41) is 0. The molecule has 1 unspecified atom stereocenters. The molecule has 31 heavy (non-hydrogen) atoms. The fourth-order valence-electron chi connectivity index (χ4n) is 5.24. The molecule has 2 aliphatic rings. The van der Waals surface area contributed by atoms with E-state index in [0.717, 1.165) is 55.2 Å². The molecule has 1 aromatic heterocycles. The first-order valence-electron chi connectivity index (χ1n) is 11.2. The van der Waals surface area contributed by atoms with Crippen molar-refractivity contribution < 1.29 is 4.74 Å². The molecule has 6 rings (SSSR count). The third kappa shape index (κ3) is 3.51. The standard InChI is InChI=1S/C27H27N3O/c1-29-26-13-6-5-12-25(26)28-27(29)17-30-15-22-23(16-30)24(22)18-31-21-11-7-10-20(14-21)19-8-3-2-4-9-19/h2-14,22-24H,15-18H2,1H3/t22-,23+,24?. The largest absolute Gasteiger partial charge is 0.493 e. The first kappa shape index (κ1) is 18.6. The lowest BCUT2D eigenvalue weighted by Crippen LogP contribution is -2.26. The van der Waals surface area contributed by atoms with Gasteiger partial charge < -0.3 is 9.30 Å². The van der Waals surface area contributed by atoms with Gasteiger partial charge in [-0.1, -0.05) is 54.6 Å². The molecule has 0 N–H and O–H groups in total. The van der Waals surface area contributed by atoms with Crippen LogP contribution in [0.4, 0.5) is 0 Å². The van der Waals surface area contributed by atoms with Crippen LogP contribution < -0.4 is 4.74 Å². The van der Waals surface area contributed by atoms with Crippen LogP contribution in [-0.4, -0.2) is 34.1 Å². The van der Waals surface area contributed by atoms with E-state index in [4.69, 9.17) is 9.72 Å². The van der Waals surface area contributed by atoms with E-state index in [2.05, 4.69) is 95.4 Å². The van der Waals surface area contributed by atoms with Gasteiger partial charge in [0, 0.05) is 26.1 Å². The van der Waals surface area contributed by atoms with Crippen LogP contribution in [-0.2, 0) is 13.6 Å². The lowest BCUT2D eigenvalue weighted by Gasteiger charge is -2.19. The van der Waals surface area contributed by atoms with E-state index in [1.807, 2.05) is 0 Å². The van der Waals surface area contributed by atoms with Crippen LogP contribution >= 0.6 is 0 Å². The predicted molar refractivity (Wildman–Crippen MR) is 124 cm³/mol. The van der Waals surface area contributed by atoms with Crippen LogP contribution in [0.1, 0.15) is 5.82 Å². The van der Waals surface area contributed by atoms with Gasteiger partial charge in [-0.3, -0.25) is 4.90 Å². The first-order valence-corrected chi connectivity index (χ1v) is 11.2. The molecule has 0 spiro atoms. The van der Waals surface area contributed by atoms with E-state index in [1.165, 1.54) is 16.6 Å². The van der Waals surface area contributed by atoms with Gasteiger partial charge in [-0.15, -0.1) is 0 Å². The molecule has 1 aliphatic heterocycles. The van der Waals surface area contributed by atoms with E-state index < -0.39 is 0 Å². The lowest BCUT2D eigenvalue weighted by atomic mass is 10.1. The second-order valence-corrected chi connectivity index (χ2v) is 8.97. The Kier molecular flexibility index (Phi) is 4.53. The third-order valence-electron chi connectivity index (χ3n) is 7.08. The van der Waals surface area contributed by atoms with Gasteiger partial charge in [-0.25, -0.2) is 4.98 Å². The van der Waals surface area contributed by atoms with Gasteiger partial charge in [0.05, 0.1) is 24.2 Å². The Labute approximate surface area is 183 Å². The normalized spacial score (nSPS) is 22.5. The van der Waals surface area contributed by atoms with Gasteiger partial charge in [-0.05, 0) is 47.2 Å². The molecule has 156 valence electrons. The summed E-state index contributed by atoms with van der Waals surface area (Å²) in [5.74, 6) is 4.37. The van der Waals surface area contributed by atoms with Crippen molar-refractivity contribution in [1.82, 2.24) is 14.5 Å². The van der Waals surface area contributed by atoms with Crippen molar-refractivity contribution in [3.8, 4) is 16.9 Å². The molecule has 1 saturated carbocycles. The summed E-state index contributed by atoms with van der Waals surface area (Å²) in [4.78, 5) is 7.40. The zero-order valence-corrected chi connectivity index (χ0v) is 17.8. The second-order valence-electron chi connectivity index (χ2n) is 8.97. The summed E-state index contributed by atoms with van der Waals surface area (Å²) in [6.45, 7) is 4.08. The number of fused-ring (bicyclic) bond motifs is 2. The monoisotopic (exact) mass is 409 g/mol. The smallest absolute Gasteiger partial charge is 0.123 e. The van der Waals surface area contributed by atoms with Crippen LogP contribution in [0, 0.1) is 17.8 Å². The maximum Gasteiger partial charge on any atom is 0.123 e. The highest BCUT2D eigenvalue weighted by Gasteiger charge is 2.55. The van der Waals surface area contributed by atoms with Crippen molar-refractivity contribution in [1.29, 1.82) is 0 Å². The zero-order valence-electron chi connectivity index (χ0n) is 17.8. The molecule has 0 bridgehead atoms. The van der Waals surface area contributed by atoms with Crippen LogP contribution in [0.5, 0.6) is 5.75 Å². The van der Waals surface area contributed by atoms with Crippen molar-refractivity contribution >= 4 is 11.0 Å². The number of ether oxygens (including phenoxy) is 1. The van der Waals surface area contributed by atoms with Crippen molar-refractivity contribution in [2.75, 3.05) is 19.7 Å². The summed E-state index contributed by atoms with van der Waals surface area (Å²) >= 11 is 0. The minimum Gasteiger partial charge on any atom is -0.493 e. The van der Waals surface area contributed by atoms with E-state index in [0.29, 0.717) is 5.92 Å². The molecule has 2 fully saturated rings. The fourth-order valence-corrected chi connectivity index (χ4v) is 5.24. The maximum absolute atomic E-state index is 6.21. The molecule has 1 saturated heterocycles. The lowest BCUT2D eigenvalue weighted by molar-refractivity contribution is 0.226. The van der Waals surface area contributed by atoms with Crippen LogP contribution in [0.25, 0.3) is 22.2 Å². The molecule has 4 aromatic rings. The topological polar surface area (TPSA) is 30.3 Å². The maximum atomic E-state index is 6.21. The number of aryl methyl sites for hydroxylation is 1. The number of benzene rings is 3. The number of aromatic nitrogens is 2. The highest BCUT2D eigenvalue weighted by Crippen LogP contribution is 2.52. The van der Waals surface area contributed by atoms with Crippen molar-refractivity contribution in [2.24, 2.45) is 24.8 Å². The summed E-state index contributed by atoms with van der Waals surface area (Å²) in [6.07, 6.45) is 0. The Bertz CT molecular complexity index is 1200. The third-order valence-corrected chi connectivity index (χ3v) is 7.08. The van der Waals surface area contributed by atoms with E-state index in [1.54, 1.807) is 0 Å². The van der Waals surface area contributed by atoms with E-state index in [9.17, 15) is 0 Å². The van der Waals surface area contributed by atoms with Gasteiger partial charge in [-0.2, -0.15) is 0 Å². The number of nitrogens with zero attached hydrogens (tertiary/aromatic N) is 3. The minimum atomic E-state index is 0.692. The fraction of sp³-hybridized carbons (Fsp3) is 0.296. The Morgan fingerprint density at radius 1 is 0.871 bits per heavy atom. The molecule has 0 radical (unpaired) electrons. The van der Waals surface area contributed by atoms with Crippen LogP contribution in [0.3, 0.4) is 0 Å². The average Bonchev–Trinajstić information content (AvgIpc) is 3.12. The number of hydrogen-bond acceptors (Lipinski definition) is 3. The molecule has 4 nitrogen and oxygen atoms in total. The number of piperidine rings is 1. The van der Waals surface area contributed by atoms with Gasteiger partial charge in [0.2, 0.25) is 0 Å². The molecule has 3 aromatic carbocycles. The van der Waals surface area contributed by atoms with Crippen LogP contribution in [0.2, 0.25) is 0 Å². The van der Waals surface area contributed by atoms with Gasteiger partial charge in [0.15, 0.2) is 0 Å². The number of rotatable bonds is 6. The summed E-state index contributed by atoms with van der Waals surface area (Å²) in [6, 6.07) is 27.3. The Balaban J connectivity index is 1.04. The number of para-hydroxylation sites is 2. The first-order chi connectivity index (χ1) is 15.3. The van der Waals surface area contributed by atoms with Crippen molar-refractivity contribution in [3.63, 3.8) is 0 Å². The Hall–Kier alpha value is -3.11. The van der Waals surface area contributed by atoms with Gasteiger partial charge in [0.25, 0.3) is 0 Å². The molecular formula is C27H27N3O. The SMILES string of the molecule is Cn1c(CN2C[C@@H]3C(COc4cccc(-c5ccccc5)c4)[C@@H]3C2)nc2ccccc21. The number of likely N-dealkylation sites (tertiary alicyclic amines) is 1. The summed E-state index contributed by atoms with van der Waals surface area (Å²) < 4.78 is 8.44. The summed E-state index contributed by atoms with van der Waals surface area (Å²) in [5.41, 5.74) is 4.75. The minimum absolute atomic E-state index is 0.692. The molecule has 0 amide bonds. The van der Waals surface area contributed by atoms with E-state index in [-0.39, 0.29) is 0 Å². The summed E-state index contributed by atoms with van der Waals surface area (Å²) in [7, 11) is 2.13. The van der Waals surface area contributed by atoms with E-state index >= 15 is 0 Å². The average molecular weight is 410 g/mol. The molecule has 3 atom stereocenters. The number of imidazole rings is 1. The predicted octanol–water partition coefficient (Wildman–Crippen LogP) is 5.00. The quantitative estimate of drug-likeness (QED) is 0.449. The van der Waals surface area contributed by atoms with Gasteiger partial charge in [0.1, 0.15) is 11.6 Å². The Morgan fingerprint density at radius 3 is 2.42 bits per heavy atom. The highest BCUT2D eigenvalue weighted by atomic mass is 16.5. The molecule has 2 heterocycles. The van der Waals surface area contributed by atoms with Crippen molar-refractivity contribution in [2.45, 2.75) is 6.54 Å². The zero-order chi connectivity index (χ0) is 20.8. The van der Waals surface area contributed by atoms with Gasteiger partial charge >= 0.3 is 0 Å². The highest BCUT2D eigenvalue weighted by molar-refractivity contribution is 5.75. The molecule has 1 aliphatic carbocycles. The molecule has 4 heteroatoms. The number of hydrogen-bond donors (Lipinski definition) is 0. The van der Waals surface area contributed by atoms with Crippen LogP contribution in [0.15, 0.2) is 78.9 Å².